The molecule has 0 spiro atoms. The molecule has 1 amide bonds. The summed E-state index contributed by atoms with van der Waals surface area (Å²) in [5, 5.41) is 11.0. The van der Waals surface area contributed by atoms with Crippen molar-refractivity contribution in [3.05, 3.63) is 0 Å². The molecule has 0 aromatic carbocycles. The fourth-order valence-corrected chi connectivity index (χ4v) is 0.727. The van der Waals surface area contributed by atoms with Crippen LogP contribution in [0.3, 0.4) is 0 Å². The number of carbonyl (C=O) groups excluding carboxylic acids is 1. The summed E-state index contributed by atoms with van der Waals surface area (Å²) in [5.74, 6) is -0.117. The van der Waals surface area contributed by atoms with Gasteiger partial charge >= 0.3 is 0 Å². The SMILES string of the molecule is CC.CC(=O)NC1(C#N)CC1. The average Bonchev–Trinajstić information content (AvgIpc) is 2.73. The minimum Gasteiger partial charge on any atom is -0.338 e. The first-order valence-corrected chi connectivity index (χ1v) is 3.88. The van der Waals surface area contributed by atoms with Gasteiger partial charge in [0.15, 0.2) is 0 Å². The van der Waals surface area contributed by atoms with Crippen molar-refractivity contribution in [2.75, 3.05) is 0 Å². The quantitative estimate of drug-likeness (QED) is 0.617. The molecule has 1 aliphatic rings. The van der Waals surface area contributed by atoms with Gasteiger partial charge < -0.3 is 5.32 Å². The summed E-state index contributed by atoms with van der Waals surface area (Å²) >= 11 is 0. The van der Waals surface area contributed by atoms with Crippen molar-refractivity contribution in [3.63, 3.8) is 0 Å². The highest BCUT2D eigenvalue weighted by atomic mass is 16.1. The molecule has 0 saturated heterocycles. The highest BCUT2D eigenvalue weighted by molar-refractivity contribution is 5.75. The summed E-state index contributed by atoms with van der Waals surface area (Å²) in [4.78, 5) is 10.4. The van der Waals surface area contributed by atoms with Crippen LogP contribution in [0.4, 0.5) is 0 Å². The van der Waals surface area contributed by atoms with E-state index in [9.17, 15) is 4.79 Å². The number of rotatable bonds is 1. The second-order valence-corrected chi connectivity index (χ2v) is 2.38. The molecular formula is C8H14N2O. The van der Waals surface area contributed by atoms with E-state index in [-0.39, 0.29) is 5.91 Å². The Balaban J connectivity index is 0.000000461. The number of carbonyl (C=O) groups is 1. The maximum absolute atomic E-state index is 10.4. The highest BCUT2D eigenvalue weighted by Crippen LogP contribution is 2.33. The van der Waals surface area contributed by atoms with Crippen molar-refractivity contribution < 1.29 is 4.79 Å². The van der Waals surface area contributed by atoms with E-state index in [0.717, 1.165) is 12.8 Å². The molecule has 3 heteroatoms. The van der Waals surface area contributed by atoms with Gasteiger partial charge in [0.1, 0.15) is 5.54 Å². The van der Waals surface area contributed by atoms with E-state index < -0.39 is 5.54 Å². The number of hydrogen-bond donors (Lipinski definition) is 1. The molecule has 1 aliphatic carbocycles. The molecule has 0 aromatic heterocycles. The molecule has 0 heterocycles. The van der Waals surface area contributed by atoms with Crippen LogP contribution in [-0.4, -0.2) is 11.4 Å². The zero-order chi connectivity index (χ0) is 8.91. The van der Waals surface area contributed by atoms with Crippen molar-refractivity contribution in [2.45, 2.75) is 39.2 Å². The lowest BCUT2D eigenvalue weighted by Crippen LogP contribution is -2.33. The van der Waals surface area contributed by atoms with Gasteiger partial charge in [-0.3, -0.25) is 4.79 Å². The summed E-state index contributed by atoms with van der Waals surface area (Å²) in [6.45, 7) is 5.43. The molecular weight excluding hydrogens is 140 g/mol. The van der Waals surface area contributed by atoms with Crippen molar-refractivity contribution in [3.8, 4) is 6.07 Å². The lowest BCUT2D eigenvalue weighted by atomic mass is 10.3. The van der Waals surface area contributed by atoms with Crippen LogP contribution in [0.2, 0.25) is 0 Å². The van der Waals surface area contributed by atoms with Gasteiger partial charge in [0.25, 0.3) is 0 Å². The Morgan fingerprint density at radius 1 is 1.55 bits per heavy atom. The number of nitriles is 1. The minimum atomic E-state index is -0.480. The minimum absolute atomic E-state index is 0.117. The first-order chi connectivity index (χ1) is 5.18. The monoisotopic (exact) mass is 154 g/mol. The van der Waals surface area contributed by atoms with E-state index in [2.05, 4.69) is 11.4 Å². The third kappa shape index (κ3) is 3.03. The van der Waals surface area contributed by atoms with Gasteiger partial charge in [-0.2, -0.15) is 5.26 Å². The fraction of sp³-hybridized carbons (Fsp3) is 0.750. The summed E-state index contributed by atoms with van der Waals surface area (Å²) in [6.07, 6.45) is 1.62. The van der Waals surface area contributed by atoms with E-state index in [1.807, 2.05) is 13.8 Å². The van der Waals surface area contributed by atoms with Crippen LogP contribution < -0.4 is 5.32 Å². The first-order valence-electron chi connectivity index (χ1n) is 3.88. The van der Waals surface area contributed by atoms with Crippen molar-refractivity contribution in [2.24, 2.45) is 0 Å². The average molecular weight is 154 g/mol. The topological polar surface area (TPSA) is 52.9 Å². The third-order valence-electron chi connectivity index (χ3n) is 1.38. The van der Waals surface area contributed by atoms with Crippen molar-refractivity contribution in [1.29, 1.82) is 5.26 Å². The smallest absolute Gasteiger partial charge is 0.218 e. The summed E-state index contributed by atoms with van der Waals surface area (Å²) < 4.78 is 0. The van der Waals surface area contributed by atoms with Crippen LogP contribution in [-0.2, 0) is 4.79 Å². The van der Waals surface area contributed by atoms with E-state index in [1.165, 1.54) is 6.92 Å². The van der Waals surface area contributed by atoms with Crippen molar-refractivity contribution >= 4 is 5.91 Å². The molecule has 0 aromatic rings. The molecule has 0 radical (unpaired) electrons. The Morgan fingerprint density at radius 3 is 2.09 bits per heavy atom. The van der Waals surface area contributed by atoms with E-state index >= 15 is 0 Å². The Labute approximate surface area is 67.4 Å². The number of hydrogen-bond acceptors (Lipinski definition) is 2. The lowest BCUT2D eigenvalue weighted by Gasteiger charge is -2.03. The van der Waals surface area contributed by atoms with Crippen molar-refractivity contribution in [1.82, 2.24) is 5.32 Å². The Morgan fingerprint density at radius 2 is 2.00 bits per heavy atom. The zero-order valence-corrected chi connectivity index (χ0v) is 7.27. The van der Waals surface area contributed by atoms with Gasteiger partial charge in [-0.1, -0.05) is 13.8 Å². The van der Waals surface area contributed by atoms with Crippen LogP contribution >= 0.6 is 0 Å². The molecule has 11 heavy (non-hydrogen) atoms. The van der Waals surface area contributed by atoms with Gasteiger partial charge in [0.05, 0.1) is 6.07 Å². The molecule has 62 valence electrons. The van der Waals surface area contributed by atoms with Crippen LogP contribution in [0.5, 0.6) is 0 Å². The molecule has 0 bridgehead atoms. The maximum atomic E-state index is 10.4. The largest absolute Gasteiger partial charge is 0.338 e. The number of nitrogens with one attached hydrogen (secondary N) is 1. The van der Waals surface area contributed by atoms with Gasteiger partial charge in [-0.05, 0) is 12.8 Å². The van der Waals surface area contributed by atoms with Crippen LogP contribution in [0, 0.1) is 11.3 Å². The van der Waals surface area contributed by atoms with Crippen LogP contribution in [0.25, 0.3) is 0 Å². The molecule has 0 aliphatic heterocycles. The van der Waals surface area contributed by atoms with Gasteiger partial charge in [0.2, 0.25) is 5.91 Å². The molecule has 3 nitrogen and oxygen atoms in total. The molecule has 1 rings (SSSR count). The van der Waals surface area contributed by atoms with Gasteiger partial charge in [-0.25, -0.2) is 0 Å². The Kier molecular flexibility index (Phi) is 3.59. The van der Waals surface area contributed by atoms with Gasteiger partial charge in [-0.15, -0.1) is 0 Å². The lowest BCUT2D eigenvalue weighted by molar-refractivity contribution is -0.119. The Bertz CT molecular complexity index is 177. The standard InChI is InChI=1S/C6H8N2O.C2H6/c1-5(9)8-6(4-7)2-3-6;1-2/h2-3H2,1H3,(H,8,9);1-2H3. The fourth-order valence-electron chi connectivity index (χ4n) is 0.727. The second kappa shape index (κ2) is 3.97. The molecule has 1 fully saturated rings. The summed E-state index contributed by atoms with van der Waals surface area (Å²) in [6, 6.07) is 2.05. The summed E-state index contributed by atoms with van der Waals surface area (Å²) in [5.41, 5.74) is -0.480. The highest BCUT2D eigenvalue weighted by Gasteiger charge is 2.43. The maximum Gasteiger partial charge on any atom is 0.218 e. The number of amides is 1. The first kappa shape index (κ1) is 9.96. The van der Waals surface area contributed by atoms with E-state index in [4.69, 9.17) is 5.26 Å². The second-order valence-electron chi connectivity index (χ2n) is 2.38. The number of nitrogens with zero attached hydrogens (tertiary/aromatic N) is 1. The molecule has 1 N–H and O–H groups in total. The molecule has 0 atom stereocenters. The van der Waals surface area contributed by atoms with Crippen LogP contribution in [0.15, 0.2) is 0 Å². The normalized spacial score (nSPS) is 16.9. The predicted octanol–water partition coefficient (Wildman–Crippen LogP) is 1.20. The van der Waals surface area contributed by atoms with E-state index in [1.54, 1.807) is 0 Å². The van der Waals surface area contributed by atoms with Crippen LogP contribution in [0.1, 0.15) is 33.6 Å². The third-order valence-corrected chi connectivity index (χ3v) is 1.38. The Hall–Kier alpha value is -1.04. The summed E-state index contributed by atoms with van der Waals surface area (Å²) in [7, 11) is 0. The van der Waals surface area contributed by atoms with E-state index in [0.29, 0.717) is 0 Å². The molecule has 1 saturated carbocycles. The van der Waals surface area contributed by atoms with Gasteiger partial charge in [0, 0.05) is 6.92 Å². The molecule has 0 unspecified atom stereocenters. The predicted molar refractivity (Wildman–Crippen MR) is 42.7 cm³/mol. The zero-order valence-electron chi connectivity index (χ0n) is 7.27.